The molecule has 0 N–H and O–H groups in total. The number of carbonyl (C=O) groups excluding carboxylic acids is 1. The van der Waals surface area contributed by atoms with Gasteiger partial charge in [0.2, 0.25) is 0 Å². The Bertz CT molecular complexity index is 376. The van der Waals surface area contributed by atoms with Gasteiger partial charge in [0, 0.05) is 0 Å². The fraction of sp³-hybridized carbons (Fsp3) is 0.357. The van der Waals surface area contributed by atoms with Gasteiger partial charge in [0.25, 0.3) is 0 Å². The third-order valence-corrected chi connectivity index (χ3v) is 2.58. The minimum absolute atomic E-state index is 0.0548. The number of benzene rings is 1. The Morgan fingerprint density at radius 1 is 1.38 bits per heavy atom. The van der Waals surface area contributed by atoms with Crippen LogP contribution in [0.5, 0.6) is 5.75 Å². The van der Waals surface area contributed by atoms with E-state index in [-0.39, 0.29) is 11.9 Å². The van der Waals surface area contributed by atoms with E-state index in [9.17, 15) is 4.79 Å². The number of hydrogen-bond acceptors (Lipinski definition) is 2. The molecular formula is C14H18O2. The third kappa shape index (κ3) is 3.23. The van der Waals surface area contributed by atoms with Gasteiger partial charge in [-0.15, -0.1) is 0 Å². The standard InChI is InChI=1S/C14H18O2/c1-5-11(4)14(15)16-13-8-6-12(7-9-13)10(2)3/h6-9,11H,2,5H2,1,3-4H3. The predicted molar refractivity (Wildman–Crippen MR) is 66.2 cm³/mol. The first kappa shape index (κ1) is 12.5. The second-order valence-corrected chi connectivity index (χ2v) is 4.04. The molecule has 86 valence electrons. The second-order valence-electron chi connectivity index (χ2n) is 4.04. The molecule has 0 saturated carbocycles. The van der Waals surface area contributed by atoms with Gasteiger partial charge in [0.05, 0.1) is 5.92 Å². The molecule has 0 fully saturated rings. The lowest BCUT2D eigenvalue weighted by Crippen LogP contribution is -2.16. The van der Waals surface area contributed by atoms with E-state index < -0.39 is 0 Å². The molecule has 0 bridgehead atoms. The van der Waals surface area contributed by atoms with E-state index in [1.54, 1.807) is 12.1 Å². The van der Waals surface area contributed by atoms with Crippen LogP contribution in [0.2, 0.25) is 0 Å². The maximum absolute atomic E-state index is 11.5. The molecule has 1 aromatic rings. The summed E-state index contributed by atoms with van der Waals surface area (Å²) in [5, 5.41) is 0. The lowest BCUT2D eigenvalue weighted by molar-refractivity contribution is -0.138. The van der Waals surface area contributed by atoms with Crippen LogP contribution in [0.1, 0.15) is 32.8 Å². The average Bonchev–Trinajstić information content (AvgIpc) is 2.28. The van der Waals surface area contributed by atoms with Crippen LogP contribution < -0.4 is 4.74 Å². The van der Waals surface area contributed by atoms with Crippen LogP contribution in [-0.4, -0.2) is 5.97 Å². The van der Waals surface area contributed by atoms with Crippen LogP contribution in [0.25, 0.3) is 5.57 Å². The third-order valence-electron chi connectivity index (χ3n) is 2.58. The maximum atomic E-state index is 11.5. The van der Waals surface area contributed by atoms with Crippen LogP contribution in [0.4, 0.5) is 0 Å². The number of allylic oxidation sites excluding steroid dienone is 1. The van der Waals surface area contributed by atoms with Crippen LogP contribution >= 0.6 is 0 Å². The molecule has 16 heavy (non-hydrogen) atoms. The molecule has 0 aliphatic carbocycles. The van der Waals surface area contributed by atoms with Crippen LogP contribution in [-0.2, 0) is 4.79 Å². The van der Waals surface area contributed by atoms with E-state index >= 15 is 0 Å². The van der Waals surface area contributed by atoms with Gasteiger partial charge >= 0.3 is 5.97 Å². The Morgan fingerprint density at radius 2 is 1.94 bits per heavy atom. The summed E-state index contributed by atoms with van der Waals surface area (Å²) < 4.78 is 5.23. The van der Waals surface area contributed by atoms with Crippen molar-refractivity contribution in [1.82, 2.24) is 0 Å². The largest absolute Gasteiger partial charge is 0.426 e. The highest BCUT2D eigenvalue weighted by molar-refractivity contribution is 5.74. The zero-order chi connectivity index (χ0) is 12.1. The highest BCUT2D eigenvalue weighted by Crippen LogP contribution is 2.18. The highest BCUT2D eigenvalue weighted by atomic mass is 16.5. The molecule has 2 heteroatoms. The van der Waals surface area contributed by atoms with E-state index in [2.05, 4.69) is 6.58 Å². The van der Waals surface area contributed by atoms with Crippen molar-refractivity contribution in [2.24, 2.45) is 5.92 Å². The summed E-state index contributed by atoms with van der Waals surface area (Å²) in [6.07, 6.45) is 0.794. The van der Waals surface area contributed by atoms with E-state index in [1.165, 1.54) is 0 Å². The minimum atomic E-state index is -0.175. The molecular weight excluding hydrogens is 200 g/mol. The molecule has 0 aliphatic rings. The molecule has 1 aromatic carbocycles. The molecule has 0 heterocycles. The number of hydrogen-bond donors (Lipinski definition) is 0. The molecule has 2 nitrogen and oxygen atoms in total. The molecule has 0 aromatic heterocycles. The monoisotopic (exact) mass is 218 g/mol. The van der Waals surface area contributed by atoms with Crippen LogP contribution in [0.3, 0.4) is 0 Å². The molecule has 0 amide bonds. The summed E-state index contributed by atoms with van der Waals surface area (Å²) in [6, 6.07) is 7.40. The molecule has 0 saturated heterocycles. The molecule has 0 spiro atoms. The van der Waals surface area contributed by atoms with Crippen molar-refractivity contribution in [2.45, 2.75) is 27.2 Å². The lowest BCUT2D eigenvalue weighted by Gasteiger charge is -2.09. The zero-order valence-electron chi connectivity index (χ0n) is 10.1. The van der Waals surface area contributed by atoms with E-state index in [0.29, 0.717) is 5.75 Å². The first-order valence-electron chi connectivity index (χ1n) is 5.52. The van der Waals surface area contributed by atoms with Gasteiger partial charge in [-0.2, -0.15) is 0 Å². The van der Waals surface area contributed by atoms with Crippen LogP contribution in [0.15, 0.2) is 30.8 Å². The van der Waals surface area contributed by atoms with Crippen molar-refractivity contribution in [3.63, 3.8) is 0 Å². The minimum Gasteiger partial charge on any atom is -0.426 e. The number of carbonyl (C=O) groups is 1. The Kier molecular flexibility index (Phi) is 4.29. The van der Waals surface area contributed by atoms with E-state index in [4.69, 9.17) is 4.74 Å². The quantitative estimate of drug-likeness (QED) is 0.569. The van der Waals surface area contributed by atoms with Gasteiger partial charge in [-0.1, -0.05) is 38.1 Å². The fourth-order valence-electron chi connectivity index (χ4n) is 1.19. The van der Waals surface area contributed by atoms with Gasteiger partial charge < -0.3 is 4.74 Å². The molecule has 1 rings (SSSR count). The Balaban J connectivity index is 2.69. The second kappa shape index (κ2) is 5.50. The highest BCUT2D eigenvalue weighted by Gasteiger charge is 2.12. The topological polar surface area (TPSA) is 26.3 Å². The molecule has 0 aliphatic heterocycles. The van der Waals surface area contributed by atoms with Gasteiger partial charge in [0.1, 0.15) is 5.75 Å². The van der Waals surface area contributed by atoms with E-state index in [1.807, 2.05) is 32.9 Å². The van der Waals surface area contributed by atoms with Gasteiger partial charge in [-0.3, -0.25) is 4.79 Å². The zero-order valence-corrected chi connectivity index (χ0v) is 10.1. The van der Waals surface area contributed by atoms with Gasteiger partial charge in [-0.25, -0.2) is 0 Å². The number of rotatable bonds is 4. The summed E-state index contributed by atoms with van der Waals surface area (Å²) in [6.45, 7) is 9.63. The van der Waals surface area contributed by atoms with Crippen molar-refractivity contribution in [3.8, 4) is 5.75 Å². The molecule has 1 unspecified atom stereocenters. The summed E-state index contributed by atoms with van der Waals surface area (Å²) >= 11 is 0. The molecule has 0 radical (unpaired) electrons. The smallest absolute Gasteiger partial charge is 0.314 e. The summed E-state index contributed by atoms with van der Waals surface area (Å²) in [5.41, 5.74) is 2.06. The van der Waals surface area contributed by atoms with Crippen molar-refractivity contribution < 1.29 is 9.53 Å². The molecule has 1 atom stereocenters. The van der Waals surface area contributed by atoms with Crippen molar-refractivity contribution in [1.29, 1.82) is 0 Å². The fourth-order valence-corrected chi connectivity index (χ4v) is 1.19. The maximum Gasteiger partial charge on any atom is 0.314 e. The average molecular weight is 218 g/mol. The Labute approximate surface area is 96.9 Å². The van der Waals surface area contributed by atoms with E-state index in [0.717, 1.165) is 17.6 Å². The van der Waals surface area contributed by atoms with Crippen molar-refractivity contribution in [2.75, 3.05) is 0 Å². The SMILES string of the molecule is C=C(C)c1ccc(OC(=O)C(C)CC)cc1. The van der Waals surface area contributed by atoms with Gasteiger partial charge in [-0.05, 0) is 31.0 Å². The first-order chi connectivity index (χ1) is 7.54. The summed E-state index contributed by atoms with van der Waals surface area (Å²) in [5.74, 6) is 0.363. The first-order valence-corrected chi connectivity index (χ1v) is 5.52. The van der Waals surface area contributed by atoms with Crippen molar-refractivity contribution >= 4 is 11.5 Å². The normalized spacial score (nSPS) is 11.9. The number of esters is 1. The number of ether oxygens (including phenoxy) is 1. The van der Waals surface area contributed by atoms with Crippen LogP contribution in [0, 0.1) is 5.92 Å². The Morgan fingerprint density at radius 3 is 2.38 bits per heavy atom. The Hall–Kier alpha value is -1.57. The predicted octanol–water partition coefficient (Wildman–Crippen LogP) is 3.67. The summed E-state index contributed by atoms with van der Waals surface area (Å²) in [7, 11) is 0. The summed E-state index contributed by atoms with van der Waals surface area (Å²) in [4.78, 5) is 11.5. The van der Waals surface area contributed by atoms with Gasteiger partial charge in [0.15, 0.2) is 0 Å². The lowest BCUT2D eigenvalue weighted by atomic mass is 10.1. The van der Waals surface area contributed by atoms with Crippen molar-refractivity contribution in [3.05, 3.63) is 36.4 Å².